The van der Waals surface area contributed by atoms with Crippen LogP contribution in [0.15, 0.2) is 44.6 Å². The fraction of sp³-hybridized carbons (Fsp3) is 0.278. The van der Waals surface area contributed by atoms with Gasteiger partial charge in [0.1, 0.15) is 0 Å². The predicted octanol–water partition coefficient (Wildman–Crippen LogP) is 4.64. The molecule has 0 aliphatic carbocycles. The van der Waals surface area contributed by atoms with Gasteiger partial charge in [-0.05, 0) is 64.9 Å². The van der Waals surface area contributed by atoms with Gasteiger partial charge in [-0.2, -0.15) is 12.8 Å². The Morgan fingerprint density at radius 3 is 2.66 bits per heavy atom. The second kappa shape index (κ2) is 8.29. The Morgan fingerprint density at radius 2 is 1.90 bits per heavy atom. The van der Waals surface area contributed by atoms with E-state index in [9.17, 15) is 13.2 Å². The summed E-state index contributed by atoms with van der Waals surface area (Å²) < 4.78 is 34.9. The third-order valence-electron chi connectivity index (χ3n) is 4.67. The molecule has 4 rings (SSSR count). The van der Waals surface area contributed by atoms with E-state index >= 15 is 0 Å². The number of aromatic nitrogens is 2. The lowest BCUT2D eigenvalue weighted by atomic mass is 10.1. The third-order valence-corrected chi connectivity index (χ3v) is 8.18. The van der Waals surface area contributed by atoms with Gasteiger partial charge in [-0.1, -0.05) is 15.9 Å². The molecule has 0 bridgehead atoms. The number of hydrogen-bond acceptors (Lipinski definition) is 6. The number of rotatable bonds is 4. The number of carbonyl (C=O) groups excluding carboxylic acids is 1. The third kappa shape index (κ3) is 4.18. The van der Waals surface area contributed by atoms with Gasteiger partial charge in [0.25, 0.3) is 15.9 Å². The SMILES string of the molecule is O=C(c1ccc(Br)cc1NS(=O)(=O)c1ncc(Br)c2sncc12)N1CCCCC1. The van der Waals surface area contributed by atoms with Gasteiger partial charge in [0.05, 0.1) is 32.0 Å². The number of fused-ring (bicyclic) bond motifs is 1. The summed E-state index contributed by atoms with van der Waals surface area (Å²) in [5.74, 6) is -0.180. The molecule has 0 saturated carbocycles. The fourth-order valence-corrected chi connectivity index (χ4v) is 6.07. The monoisotopic (exact) mass is 558 g/mol. The quantitative estimate of drug-likeness (QED) is 0.502. The van der Waals surface area contributed by atoms with Gasteiger partial charge < -0.3 is 4.90 Å². The van der Waals surface area contributed by atoms with E-state index in [0.29, 0.717) is 37.7 Å². The zero-order valence-corrected chi connectivity index (χ0v) is 19.9. The summed E-state index contributed by atoms with van der Waals surface area (Å²) in [4.78, 5) is 18.9. The van der Waals surface area contributed by atoms with Crippen molar-refractivity contribution in [2.75, 3.05) is 17.8 Å². The first-order valence-corrected chi connectivity index (χ1v) is 12.7. The first kappa shape index (κ1) is 20.7. The molecule has 1 amide bonds. The number of piperidine rings is 1. The molecule has 29 heavy (non-hydrogen) atoms. The zero-order valence-electron chi connectivity index (χ0n) is 15.1. The van der Waals surface area contributed by atoms with Crippen LogP contribution in [0.25, 0.3) is 10.1 Å². The Hall–Kier alpha value is -1.56. The number of sulfonamides is 1. The van der Waals surface area contributed by atoms with Crippen LogP contribution in [-0.4, -0.2) is 41.7 Å². The summed E-state index contributed by atoms with van der Waals surface area (Å²) in [6.07, 6.45) is 5.93. The van der Waals surface area contributed by atoms with E-state index in [4.69, 9.17) is 0 Å². The van der Waals surface area contributed by atoms with Gasteiger partial charge in [-0.15, -0.1) is 0 Å². The van der Waals surface area contributed by atoms with E-state index in [1.807, 2.05) is 0 Å². The van der Waals surface area contributed by atoms with Crippen molar-refractivity contribution in [2.24, 2.45) is 0 Å². The minimum absolute atomic E-state index is 0.124. The maximum absolute atomic E-state index is 13.1. The zero-order chi connectivity index (χ0) is 20.6. The van der Waals surface area contributed by atoms with Gasteiger partial charge in [-0.25, -0.2) is 4.98 Å². The molecule has 7 nitrogen and oxygen atoms in total. The highest BCUT2D eigenvalue weighted by atomic mass is 79.9. The van der Waals surface area contributed by atoms with Gasteiger partial charge in [0, 0.05) is 23.8 Å². The Kier molecular flexibility index (Phi) is 5.92. The molecule has 3 aromatic rings. The molecule has 1 aliphatic rings. The number of halogens is 2. The van der Waals surface area contributed by atoms with Gasteiger partial charge >= 0.3 is 0 Å². The van der Waals surface area contributed by atoms with Crippen molar-refractivity contribution in [2.45, 2.75) is 24.3 Å². The second-order valence-electron chi connectivity index (χ2n) is 6.63. The number of likely N-dealkylation sites (tertiary alicyclic amines) is 1. The van der Waals surface area contributed by atoms with Crippen LogP contribution in [0.4, 0.5) is 5.69 Å². The molecule has 0 atom stereocenters. The lowest BCUT2D eigenvalue weighted by molar-refractivity contribution is 0.0725. The largest absolute Gasteiger partial charge is 0.339 e. The molecule has 1 aliphatic heterocycles. The molecule has 11 heteroatoms. The maximum Gasteiger partial charge on any atom is 0.280 e. The lowest BCUT2D eigenvalue weighted by Gasteiger charge is -2.27. The van der Waals surface area contributed by atoms with Crippen molar-refractivity contribution >= 4 is 75.1 Å². The summed E-state index contributed by atoms with van der Waals surface area (Å²) in [6.45, 7) is 1.35. The highest BCUT2D eigenvalue weighted by molar-refractivity contribution is 9.11. The van der Waals surface area contributed by atoms with Crippen LogP contribution in [0, 0.1) is 0 Å². The molecule has 1 saturated heterocycles. The number of anilines is 1. The van der Waals surface area contributed by atoms with Crippen molar-refractivity contribution in [3.05, 3.63) is 45.1 Å². The molecule has 2 aromatic heterocycles. The molecule has 0 spiro atoms. The number of carbonyl (C=O) groups is 1. The molecule has 152 valence electrons. The van der Waals surface area contributed by atoms with Crippen LogP contribution < -0.4 is 4.72 Å². The smallest absolute Gasteiger partial charge is 0.280 e. The first-order valence-electron chi connectivity index (χ1n) is 8.87. The van der Waals surface area contributed by atoms with E-state index in [1.165, 1.54) is 23.9 Å². The molecule has 1 fully saturated rings. The number of nitrogens with zero attached hydrogens (tertiary/aromatic N) is 3. The Morgan fingerprint density at radius 1 is 1.14 bits per heavy atom. The van der Waals surface area contributed by atoms with Crippen molar-refractivity contribution in [1.82, 2.24) is 14.3 Å². The van der Waals surface area contributed by atoms with Crippen LogP contribution in [0.2, 0.25) is 0 Å². The molecule has 3 heterocycles. The standard InChI is InChI=1S/C18H16Br2N4O3S2/c19-11-4-5-12(18(25)24-6-2-1-3-7-24)15(8-11)23-29(26,27)17-13-9-22-28-16(13)14(20)10-21-17/h4-5,8-10,23H,1-3,6-7H2. The number of pyridine rings is 1. The van der Waals surface area contributed by atoms with E-state index in [2.05, 4.69) is 45.9 Å². The second-order valence-corrected chi connectivity index (χ2v) is 10.8. The van der Waals surface area contributed by atoms with E-state index in [1.54, 1.807) is 23.1 Å². The molecule has 1 aromatic carbocycles. The van der Waals surface area contributed by atoms with Crippen molar-refractivity contribution in [1.29, 1.82) is 0 Å². The van der Waals surface area contributed by atoms with Crippen LogP contribution in [0.5, 0.6) is 0 Å². The predicted molar refractivity (Wildman–Crippen MR) is 120 cm³/mol. The van der Waals surface area contributed by atoms with E-state index < -0.39 is 10.0 Å². The van der Waals surface area contributed by atoms with Gasteiger partial charge in [-0.3, -0.25) is 9.52 Å². The number of nitrogens with one attached hydrogen (secondary N) is 1. The maximum atomic E-state index is 13.1. The fourth-order valence-electron chi connectivity index (χ4n) is 3.27. The van der Waals surface area contributed by atoms with Gasteiger partial charge in [0.2, 0.25) is 0 Å². The van der Waals surface area contributed by atoms with Crippen LogP contribution in [-0.2, 0) is 10.0 Å². The van der Waals surface area contributed by atoms with Crippen LogP contribution in [0.1, 0.15) is 29.6 Å². The van der Waals surface area contributed by atoms with Gasteiger partial charge in [0.15, 0.2) is 5.03 Å². The summed E-state index contributed by atoms with van der Waals surface area (Å²) in [6, 6.07) is 4.96. The number of hydrogen-bond donors (Lipinski definition) is 1. The minimum atomic E-state index is -4.04. The summed E-state index contributed by atoms with van der Waals surface area (Å²) >= 11 is 7.91. The lowest BCUT2D eigenvalue weighted by Crippen LogP contribution is -2.36. The average molecular weight is 560 g/mol. The highest BCUT2D eigenvalue weighted by Crippen LogP contribution is 2.32. The van der Waals surface area contributed by atoms with Crippen LogP contribution >= 0.6 is 43.4 Å². The number of benzene rings is 1. The molecule has 1 N–H and O–H groups in total. The van der Waals surface area contributed by atoms with Crippen molar-refractivity contribution < 1.29 is 13.2 Å². The topological polar surface area (TPSA) is 92.3 Å². The minimum Gasteiger partial charge on any atom is -0.339 e. The molecular formula is C18H16Br2N4O3S2. The highest BCUT2D eigenvalue weighted by Gasteiger charge is 2.26. The normalized spacial score (nSPS) is 14.9. The Bertz CT molecular complexity index is 1190. The average Bonchev–Trinajstić information content (AvgIpc) is 3.19. The summed E-state index contributed by atoms with van der Waals surface area (Å²) in [5, 5.41) is 0.302. The van der Waals surface area contributed by atoms with Crippen molar-refractivity contribution in [3.63, 3.8) is 0 Å². The first-order chi connectivity index (χ1) is 13.9. The van der Waals surface area contributed by atoms with E-state index in [0.717, 1.165) is 19.3 Å². The Balaban J connectivity index is 1.73. The molecular weight excluding hydrogens is 544 g/mol. The molecule has 0 radical (unpaired) electrons. The van der Waals surface area contributed by atoms with E-state index in [-0.39, 0.29) is 16.6 Å². The number of amides is 1. The molecule has 0 unspecified atom stereocenters. The Labute approximate surface area is 189 Å². The van der Waals surface area contributed by atoms with Crippen LogP contribution in [0.3, 0.4) is 0 Å². The van der Waals surface area contributed by atoms with Crippen molar-refractivity contribution in [3.8, 4) is 0 Å². The summed E-state index contributed by atoms with van der Waals surface area (Å²) in [5.41, 5.74) is 0.534. The summed E-state index contributed by atoms with van der Waals surface area (Å²) in [7, 11) is -4.04.